The van der Waals surface area contributed by atoms with E-state index in [-0.39, 0.29) is 29.8 Å². The van der Waals surface area contributed by atoms with E-state index < -0.39 is 0 Å². The van der Waals surface area contributed by atoms with Crippen LogP contribution in [0.2, 0.25) is 0 Å². The number of allylic oxidation sites excluding steroid dienone is 2. The molecule has 0 bridgehead atoms. The molecule has 2 rings (SSSR count). The monoisotopic (exact) mass is 283 g/mol. The maximum Gasteiger partial charge on any atom is 0.310 e. The van der Waals surface area contributed by atoms with Gasteiger partial charge in [0.2, 0.25) is 0 Å². The average Bonchev–Trinajstić information content (AvgIpc) is 2.97. The summed E-state index contributed by atoms with van der Waals surface area (Å²) < 4.78 is 5.42. The second kappa shape index (κ2) is 5.73. The zero-order valence-corrected chi connectivity index (χ0v) is 13.0. The molecule has 0 radical (unpaired) electrons. The molecule has 1 fully saturated rings. The molecule has 0 N–H and O–H groups in total. The van der Waals surface area contributed by atoms with Crippen molar-refractivity contribution >= 4 is 5.97 Å². The molecule has 0 amide bonds. The number of hydrogen-bond donors (Lipinski definition) is 0. The van der Waals surface area contributed by atoms with Gasteiger partial charge in [0, 0.05) is 0 Å². The SMILES string of the molecule is CC(C)=CC1[C@@H](C(=O)OCc2ccc(C#N)cc2)C1(C)C. The van der Waals surface area contributed by atoms with E-state index in [2.05, 4.69) is 26.0 Å². The van der Waals surface area contributed by atoms with Crippen molar-refractivity contribution in [2.75, 3.05) is 0 Å². The fourth-order valence-electron chi connectivity index (χ4n) is 2.72. The molecule has 110 valence electrons. The average molecular weight is 283 g/mol. The Bertz CT molecular complexity index is 601. The predicted octanol–water partition coefficient (Wildman–Crippen LogP) is 3.84. The molecule has 1 unspecified atom stereocenters. The highest BCUT2D eigenvalue weighted by Crippen LogP contribution is 2.59. The molecule has 0 heterocycles. The summed E-state index contributed by atoms with van der Waals surface area (Å²) in [5.41, 5.74) is 2.73. The summed E-state index contributed by atoms with van der Waals surface area (Å²) in [7, 11) is 0. The van der Waals surface area contributed by atoms with E-state index in [1.807, 2.05) is 26.0 Å². The molecule has 0 spiro atoms. The third kappa shape index (κ3) is 3.33. The molecule has 2 atom stereocenters. The minimum Gasteiger partial charge on any atom is -0.461 e. The molecule has 1 aromatic carbocycles. The predicted molar refractivity (Wildman–Crippen MR) is 81.1 cm³/mol. The summed E-state index contributed by atoms with van der Waals surface area (Å²) in [5.74, 6) is 0.0913. The van der Waals surface area contributed by atoms with E-state index in [0.29, 0.717) is 5.56 Å². The van der Waals surface area contributed by atoms with Crippen LogP contribution >= 0.6 is 0 Å². The molecular formula is C18H21NO2. The van der Waals surface area contributed by atoms with Crippen LogP contribution in [0, 0.1) is 28.6 Å². The van der Waals surface area contributed by atoms with Gasteiger partial charge in [-0.1, -0.05) is 37.6 Å². The lowest BCUT2D eigenvalue weighted by molar-refractivity contribution is -0.147. The van der Waals surface area contributed by atoms with Gasteiger partial charge in [-0.2, -0.15) is 5.26 Å². The van der Waals surface area contributed by atoms with Gasteiger partial charge in [-0.25, -0.2) is 0 Å². The molecule has 0 saturated heterocycles. The van der Waals surface area contributed by atoms with Crippen LogP contribution in [0.25, 0.3) is 0 Å². The highest BCUT2D eigenvalue weighted by atomic mass is 16.5. The van der Waals surface area contributed by atoms with Crippen LogP contribution in [-0.2, 0) is 16.1 Å². The minimum atomic E-state index is -0.133. The van der Waals surface area contributed by atoms with E-state index in [1.165, 1.54) is 5.57 Å². The van der Waals surface area contributed by atoms with Crippen LogP contribution in [0.15, 0.2) is 35.9 Å². The molecule has 0 aliphatic heterocycles. The van der Waals surface area contributed by atoms with Gasteiger partial charge >= 0.3 is 5.97 Å². The van der Waals surface area contributed by atoms with E-state index in [4.69, 9.17) is 10.00 Å². The summed E-state index contributed by atoms with van der Waals surface area (Å²) in [4.78, 5) is 12.2. The van der Waals surface area contributed by atoms with E-state index in [0.717, 1.165) is 5.56 Å². The van der Waals surface area contributed by atoms with Gasteiger partial charge in [-0.3, -0.25) is 4.79 Å². The molecule has 0 aromatic heterocycles. The van der Waals surface area contributed by atoms with E-state index in [1.54, 1.807) is 12.1 Å². The minimum absolute atomic E-state index is 0.0149. The Kier molecular flexibility index (Phi) is 4.18. The van der Waals surface area contributed by atoms with Crippen molar-refractivity contribution < 1.29 is 9.53 Å². The first-order valence-electron chi connectivity index (χ1n) is 7.17. The quantitative estimate of drug-likeness (QED) is 0.623. The Morgan fingerprint density at radius 3 is 2.48 bits per heavy atom. The normalized spacial score (nSPS) is 22.0. The number of nitrogens with zero attached hydrogens (tertiary/aromatic N) is 1. The summed E-state index contributed by atoms with van der Waals surface area (Å²) in [6.07, 6.45) is 2.16. The van der Waals surface area contributed by atoms with Gasteiger partial charge in [-0.15, -0.1) is 0 Å². The molecule has 3 nitrogen and oxygen atoms in total. The third-order valence-corrected chi connectivity index (χ3v) is 4.14. The van der Waals surface area contributed by atoms with Crippen LogP contribution < -0.4 is 0 Å². The first-order chi connectivity index (χ1) is 9.86. The van der Waals surface area contributed by atoms with Crippen LogP contribution in [0.1, 0.15) is 38.8 Å². The standard InChI is InChI=1S/C18H21NO2/c1-12(2)9-15-16(18(15,3)4)17(20)21-11-14-7-5-13(10-19)6-8-14/h5-9,15-16H,11H2,1-4H3/t15?,16-/m0/s1. The number of esters is 1. The number of carbonyl (C=O) groups is 1. The Hall–Kier alpha value is -2.08. The van der Waals surface area contributed by atoms with Crippen molar-refractivity contribution in [3.05, 3.63) is 47.0 Å². The van der Waals surface area contributed by atoms with Crippen LogP contribution in [0.5, 0.6) is 0 Å². The third-order valence-electron chi connectivity index (χ3n) is 4.14. The summed E-state index contributed by atoms with van der Waals surface area (Å²) in [5, 5.41) is 8.75. The Morgan fingerprint density at radius 2 is 1.95 bits per heavy atom. The van der Waals surface area contributed by atoms with Crippen molar-refractivity contribution in [2.45, 2.75) is 34.3 Å². The van der Waals surface area contributed by atoms with Crippen molar-refractivity contribution in [1.82, 2.24) is 0 Å². The number of nitriles is 1. The molecule has 21 heavy (non-hydrogen) atoms. The number of rotatable bonds is 4. The smallest absolute Gasteiger partial charge is 0.310 e. The summed E-state index contributed by atoms with van der Waals surface area (Å²) >= 11 is 0. The second-order valence-electron chi connectivity index (χ2n) is 6.49. The summed E-state index contributed by atoms with van der Waals surface area (Å²) in [6, 6.07) is 9.17. The molecular weight excluding hydrogens is 262 g/mol. The Labute approximate surface area is 126 Å². The van der Waals surface area contributed by atoms with Crippen molar-refractivity contribution in [3.8, 4) is 6.07 Å². The molecule has 3 heteroatoms. The first-order valence-corrected chi connectivity index (χ1v) is 7.17. The van der Waals surface area contributed by atoms with Crippen LogP contribution in [0.3, 0.4) is 0 Å². The van der Waals surface area contributed by atoms with Gasteiger partial charge in [0.25, 0.3) is 0 Å². The molecule has 1 aliphatic carbocycles. The second-order valence-corrected chi connectivity index (χ2v) is 6.49. The fraction of sp³-hybridized carbons (Fsp3) is 0.444. The van der Waals surface area contributed by atoms with Crippen molar-refractivity contribution in [2.24, 2.45) is 17.3 Å². The van der Waals surface area contributed by atoms with Gasteiger partial charge in [0.15, 0.2) is 0 Å². The maximum absolute atomic E-state index is 12.2. The van der Waals surface area contributed by atoms with Gasteiger partial charge in [-0.05, 0) is 42.9 Å². The lowest BCUT2D eigenvalue weighted by Crippen LogP contribution is -2.10. The Morgan fingerprint density at radius 1 is 1.33 bits per heavy atom. The zero-order valence-electron chi connectivity index (χ0n) is 13.0. The van der Waals surface area contributed by atoms with Crippen molar-refractivity contribution in [3.63, 3.8) is 0 Å². The molecule has 1 aromatic rings. The van der Waals surface area contributed by atoms with Crippen LogP contribution in [-0.4, -0.2) is 5.97 Å². The van der Waals surface area contributed by atoms with Crippen LogP contribution in [0.4, 0.5) is 0 Å². The number of hydrogen-bond acceptors (Lipinski definition) is 3. The van der Waals surface area contributed by atoms with E-state index >= 15 is 0 Å². The number of benzene rings is 1. The lowest BCUT2D eigenvalue weighted by Gasteiger charge is -2.06. The maximum atomic E-state index is 12.2. The number of carbonyl (C=O) groups excluding carboxylic acids is 1. The Balaban J connectivity index is 1.93. The highest BCUT2D eigenvalue weighted by molar-refractivity contribution is 5.78. The largest absolute Gasteiger partial charge is 0.461 e. The van der Waals surface area contributed by atoms with Gasteiger partial charge in [0.1, 0.15) is 6.61 Å². The molecule has 1 saturated carbocycles. The lowest BCUT2D eigenvalue weighted by atomic mass is 10.1. The first kappa shape index (κ1) is 15.3. The number of ether oxygens (including phenoxy) is 1. The van der Waals surface area contributed by atoms with Crippen molar-refractivity contribution in [1.29, 1.82) is 5.26 Å². The van der Waals surface area contributed by atoms with E-state index in [9.17, 15) is 4.79 Å². The summed E-state index contributed by atoms with van der Waals surface area (Å²) in [6.45, 7) is 8.56. The highest BCUT2D eigenvalue weighted by Gasteiger charge is 2.61. The zero-order chi connectivity index (χ0) is 15.6. The fourth-order valence-corrected chi connectivity index (χ4v) is 2.72. The molecule has 1 aliphatic rings. The van der Waals surface area contributed by atoms with Gasteiger partial charge < -0.3 is 4.74 Å². The topological polar surface area (TPSA) is 50.1 Å². The van der Waals surface area contributed by atoms with Gasteiger partial charge in [0.05, 0.1) is 17.6 Å².